The molecule has 0 spiro atoms. The van der Waals surface area contributed by atoms with Gasteiger partial charge < -0.3 is 4.72 Å². The number of carbonyl (C=O) groups is 1. The van der Waals surface area contributed by atoms with Crippen LogP contribution in [0.25, 0.3) is 0 Å². The maximum atomic E-state index is 11.7. The number of benzene rings is 1. The van der Waals surface area contributed by atoms with Gasteiger partial charge in [-0.2, -0.15) is 0 Å². The molecule has 1 aliphatic heterocycles. The van der Waals surface area contributed by atoms with Crippen LogP contribution in [0, 0.1) is 0 Å². The molecule has 2 rings (SSSR count). The van der Waals surface area contributed by atoms with Gasteiger partial charge in [-0.25, -0.2) is 4.21 Å². The number of Topliss-reactive ketones (excluding diaryl/α,β-unsaturated/α-hetero) is 1. The first-order valence-corrected chi connectivity index (χ1v) is 6.83. The second-order valence-corrected chi connectivity index (χ2v) is 5.18. The summed E-state index contributed by atoms with van der Waals surface area (Å²) in [5.41, 5.74) is 2.58. The highest BCUT2D eigenvalue weighted by atomic mass is 32.2. The van der Waals surface area contributed by atoms with E-state index in [2.05, 4.69) is 11.6 Å². The van der Waals surface area contributed by atoms with Crippen molar-refractivity contribution in [2.45, 2.75) is 26.2 Å². The molecule has 0 radical (unpaired) electrons. The molecule has 0 aromatic heterocycles. The van der Waals surface area contributed by atoms with Gasteiger partial charge in [0, 0.05) is 5.56 Å². The Morgan fingerprint density at radius 1 is 1.44 bits per heavy atom. The van der Waals surface area contributed by atoms with Crippen LogP contribution in [0.4, 0.5) is 5.69 Å². The number of nitrogens with one attached hydrogen (secondary N) is 1. The van der Waals surface area contributed by atoms with Crippen LogP contribution in [0.3, 0.4) is 0 Å². The van der Waals surface area contributed by atoms with Gasteiger partial charge in [0.1, 0.15) is 16.7 Å². The van der Waals surface area contributed by atoms with Crippen molar-refractivity contribution in [2.75, 3.05) is 10.5 Å². The molecule has 1 aromatic carbocycles. The summed E-state index contributed by atoms with van der Waals surface area (Å²) < 4.78 is 14.1. The molecule has 0 amide bonds. The second kappa shape index (κ2) is 4.78. The van der Waals surface area contributed by atoms with Crippen molar-refractivity contribution in [2.24, 2.45) is 0 Å². The van der Waals surface area contributed by atoms with Crippen molar-refractivity contribution >= 4 is 22.5 Å². The Bertz CT molecular complexity index is 443. The SMILES string of the molecule is CCCCc1ccc2c(c1)C(=O)CS(=O)N2. The normalized spacial score (nSPS) is 19.1. The topological polar surface area (TPSA) is 46.2 Å². The number of unbranched alkanes of at least 4 members (excludes halogenated alkanes) is 1. The predicted octanol–water partition coefficient (Wildman–Crippen LogP) is 2.30. The van der Waals surface area contributed by atoms with E-state index in [1.54, 1.807) is 0 Å². The zero-order valence-corrected chi connectivity index (χ0v) is 10.1. The Morgan fingerprint density at radius 3 is 3.00 bits per heavy atom. The van der Waals surface area contributed by atoms with Crippen LogP contribution in [0.2, 0.25) is 0 Å². The van der Waals surface area contributed by atoms with Gasteiger partial charge in [0.05, 0.1) is 5.69 Å². The standard InChI is InChI=1S/C12H15NO2S/c1-2-3-4-9-5-6-11-10(7-9)12(14)8-16(15)13-11/h5-7,13H,2-4,8H2,1H3. The second-order valence-electron chi connectivity index (χ2n) is 4.00. The van der Waals surface area contributed by atoms with Gasteiger partial charge in [-0.15, -0.1) is 0 Å². The van der Waals surface area contributed by atoms with Gasteiger partial charge in [-0.05, 0) is 30.5 Å². The summed E-state index contributed by atoms with van der Waals surface area (Å²) in [5.74, 6) is 0.0648. The summed E-state index contributed by atoms with van der Waals surface area (Å²) in [6, 6.07) is 5.78. The molecule has 16 heavy (non-hydrogen) atoms. The highest BCUT2D eigenvalue weighted by Gasteiger charge is 2.21. The minimum atomic E-state index is -1.24. The summed E-state index contributed by atoms with van der Waals surface area (Å²) in [5, 5.41) is 0. The third kappa shape index (κ3) is 2.32. The van der Waals surface area contributed by atoms with E-state index in [0.717, 1.165) is 19.3 Å². The van der Waals surface area contributed by atoms with Crippen LogP contribution in [0.15, 0.2) is 18.2 Å². The summed E-state index contributed by atoms with van der Waals surface area (Å²) >= 11 is 0. The van der Waals surface area contributed by atoms with Crippen LogP contribution in [0.1, 0.15) is 35.7 Å². The Balaban J connectivity index is 2.27. The van der Waals surface area contributed by atoms with E-state index in [4.69, 9.17) is 0 Å². The molecule has 1 N–H and O–H groups in total. The van der Waals surface area contributed by atoms with Gasteiger partial charge in [-0.3, -0.25) is 4.79 Å². The zero-order chi connectivity index (χ0) is 11.5. The third-order valence-electron chi connectivity index (χ3n) is 2.69. The third-order valence-corrected chi connectivity index (χ3v) is 3.66. The number of hydrogen-bond donors (Lipinski definition) is 1. The quantitative estimate of drug-likeness (QED) is 0.876. The average molecular weight is 237 g/mol. The average Bonchev–Trinajstić information content (AvgIpc) is 2.26. The molecule has 0 fully saturated rings. The first-order chi connectivity index (χ1) is 7.70. The highest BCUT2D eigenvalue weighted by Crippen LogP contribution is 2.23. The minimum Gasteiger partial charge on any atom is -0.304 e. The molecule has 1 unspecified atom stereocenters. The Hall–Kier alpha value is -1.16. The smallest absolute Gasteiger partial charge is 0.179 e. The molecule has 86 valence electrons. The summed E-state index contributed by atoms with van der Waals surface area (Å²) in [6.07, 6.45) is 3.28. The maximum absolute atomic E-state index is 11.7. The van der Waals surface area contributed by atoms with Crippen LogP contribution < -0.4 is 4.72 Å². The molecular formula is C12H15NO2S. The van der Waals surface area contributed by atoms with Gasteiger partial charge in [0.15, 0.2) is 5.78 Å². The number of hydrogen-bond acceptors (Lipinski definition) is 2. The summed E-state index contributed by atoms with van der Waals surface area (Å²) in [6.45, 7) is 2.15. The molecule has 1 atom stereocenters. The van der Waals surface area contributed by atoms with E-state index in [9.17, 15) is 9.00 Å². The summed E-state index contributed by atoms with van der Waals surface area (Å²) in [7, 11) is -1.24. The van der Waals surface area contributed by atoms with E-state index in [-0.39, 0.29) is 11.5 Å². The van der Waals surface area contributed by atoms with Gasteiger partial charge in [0.25, 0.3) is 0 Å². The van der Waals surface area contributed by atoms with E-state index >= 15 is 0 Å². The van der Waals surface area contributed by atoms with E-state index in [0.29, 0.717) is 11.3 Å². The van der Waals surface area contributed by atoms with Crippen molar-refractivity contribution in [3.63, 3.8) is 0 Å². The van der Waals surface area contributed by atoms with Gasteiger partial charge in [0.2, 0.25) is 0 Å². The fourth-order valence-electron chi connectivity index (χ4n) is 1.80. The molecule has 4 heteroatoms. The molecule has 3 nitrogen and oxygen atoms in total. The van der Waals surface area contributed by atoms with Crippen molar-refractivity contribution < 1.29 is 9.00 Å². The molecular weight excluding hydrogens is 222 g/mol. The summed E-state index contributed by atoms with van der Waals surface area (Å²) in [4.78, 5) is 11.7. The maximum Gasteiger partial charge on any atom is 0.179 e. The van der Waals surface area contributed by atoms with Crippen molar-refractivity contribution in [1.82, 2.24) is 0 Å². The Labute approximate surface area is 97.8 Å². The number of rotatable bonds is 3. The molecule has 1 heterocycles. The number of carbonyl (C=O) groups excluding carboxylic acids is 1. The van der Waals surface area contributed by atoms with Crippen LogP contribution in [0.5, 0.6) is 0 Å². The van der Waals surface area contributed by atoms with E-state index in [1.165, 1.54) is 5.56 Å². The lowest BCUT2D eigenvalue weighted by Crippen LogP contribution is -2.24. The molecule has 0 saturated heterocycles. The fraction of sp³-hybridized carbons (Fsp3) is 0.417. The first kappa shape index (κ1) is 11.3. The lowest BCUT2D eigenvalue weighted by atomic mass is 10.0. The van der Waals surface area contributed by atoms with Gasteiger partial charge in [-0.1, -0.05) is 19.4 Å². The number of ketones is 1. The van der Waals surface area contributed by atoms with Gasteiger partial charge >= 0.3 is 0 Å². The largest absolute Gasteiger partial charge is 0.304 e. The molecule has 0 bridgehead atoms. The predicted molar refractivity (Wildman–Crippen MR) is 66.0 cm³/mol. The van der Waals surface area contributed by atoms with Crippen molar-refractivity contribution in [3.05, 3.63) is 29.3 Å². The molecule has 1 aliphatic rings. The fourth-order valence-corrected chi connectivity index (χ4v) is 2.69. The van der Waals surface area contributed by atoms with Crippen LogP contribution in [-0.2, 0) is 17.4 Å². The number of anilines is 1. The first-order valence-electron chi connectivity index (χ1n) is 5.52. The Kier molecular flexibility index (Phi) is 3.39. The Morgan fingerprint density at radius 2 is 2.25 bits per heavy atom. The molecule has 0 saturated carbocycles. The monoisotopic (exact) mass is 237 g/mol. The van der Waals surface area contributed by atoms with Crippen molar-refractivity contribution in [1.29, 1.82) is 0 Å². The van der Waals surface area contributed by atoms with E-state index in [1.807, 2.05) is 18.2 Å². The molecule has 1 aromatic rings. The number of fused-ring (bicyclic) bond motifs is 1. The minimum absolute atomic E-state index is 0.0227. The lowest BCUT2D eigenvalue weighted by molar-refractivity contribution is 0.102. The van der Waals surface area contributed by atoms with Crippen LogP contribution >= 0.6 is 0 Å². The lowest BCUT2D eigenvalue weighted by Gasteiger charge is -2.17. The van der Waals surface area contributed by atoms with Crippen molar-refractivity contribution in [3.8, 4) is 0 Å². The zero-order valence-electron chi connectivity index (χ0n) is 9.29. The number of aryl methyl sites for hydroxylation is 1. The highest BCUT2D eigenvalue weighted by molar-refractivity contribution is 7.87. The molecule has 0 aliphatic carbocycles. The van der Waals surface area contributed by atoms with E-state index < -0.39 is 11.0 Å². The van der Waals surface area contributed by atoms with Crippen LogP contribution in [-0.4, -0.2) is 15.7 Å².